The van der Waals surface area contributed by atoms with E-state index in [9.17, 15) is 22.8 Å². The summed E-state index contributed by atoms with van der Waals surface area (Å²) in [7, 11) is 1.57. The number of nitrogens with one attached hydrogen (secondary N) is 2. The van der Waals surface area contributed by atoms with Gasteiger partial charge in [0.15, 0.2) is 0 Å². The first-order chi connectivity index (χ1) is 19.5. The Balaban J connectivity index is 1.49. The third-order valence-corrected chi connectivity index (χ3v) is 7.96. The van der Waals surface area contributed by atoms with Crippen LogP contribution < -0.4 is 15.5 Å². The van der Waals surface area contributed by atoms with Crippen molar-refractivity contribution in [3.05, 3.63) is 63.1 Å². The van der Waals surface area contributed by atoms with Gasteiger partial charge in [0.2, 0.25) is 5.91 Å². The molecule has 8 nitrogen and oxygen atoms in total. The topological polar surface area (TPSA) is 77.2 Å². The van der Waals surface area contributed by atoms with E-state index < -0.39 is 17.8 Å². The third kappa shape index (κ3) is 7.77. The number of anilines is 1. The van der Waals surface area contributed by atoms with Crippen LogP contribution in [0.15, 0.2) is 36.4 Å². The Hall–Kier alpha value is -2.73. The fourth-order valence-corrected chi connectivity index (χ4v) is 5.68. The van der Waals surface area contributed by atoms with E-state index in [1.54, 1.807) is 30.2 Å². The first-order valence-electron chi connectivity index (χ1n) is 13.4. The van der Waals surface area contributed by atoms with E-state index in [0.29, 0.717) is 72.7 Å². The molecule has 224 valence electrons. The number of alkyl halides is 3. The predicted octanol–water partition coefficient (Wildman–Crippen LogP) is 4.42. The van der Waals surface area contributed by atoms with E-state index in [4.69, 9.17) is 27.9 Å². The first kappa shape index (κ1) is 31.2. The number of methoxy groups -OCH3 is 1. The molecule has 0 spiro atoms. The van der Waals surface area contributed by atoms with Crippen LogP contribution in [-0.2, 0) is 28.7 Å². The van der Waals surface area contributed by atoms with Gasteiger partial charge in [-0.1, -0.05) is 29.3 Å². The van der Waals surface area contributed by atoms with E-state index in [-0.39, 0.29) is 30.9 Å². The smallest absolute Gasteiger partial charge is 0.383 e. The molecular formula is C28H34Cl2F3N5O3. The number of carbonyl (C=O) groups is 2. The van der Waals surface area contributed by atoms with Crippen molar-refractivity contribution >= 4 is 40.8 Å². The maximum absolute atomic E-state index is 13.8. The number of piperazine rings is 1. The minimum absolute atomic E-state index is 0.0503. The molecule has 0 aliphatic carbocycles. The highest BCUT2D eigenvalue weighted by atomic mass is 35.5. The van der Waals surface area contributed by atoms with E-state index in [0.717, 1.165) is 6.07 Å². The molecule has 3 amide bonds. The van der Waals surface area contributed by atoms with Gasteiger partial charge in [0, 0.05) is 81.1 Å². The fourth-order valence-electron chi connectivity index (χ4n) is 5.19. The zero-order chi connectivity index (χ0) is 29.7. The number of hydrogen-bond acceptors (Lipinski definition) is 5. The summed E-state index contributed by atoms with van der Waals surface area (Å²) in [6.07, 6.45) is -4.22. The second kappa shape index (κ2) is 13.5. The lowest BCUT2D eigenvalue weighted by atomic mass is 10.0. The van der Waals surface area contributed by atoms with Crippen LogP contribution in [0.3, 0.4) is 0 Å². The molecule has 2 N–H and O–H groups in total. The summed E-state index contributed by atoms with van der Waals surface area (Å²) < 4.78 is 45.6. The van der Waals surface area contributed by atoms with Gasteiger partial charge in [0.1, 0.15) is 6.04 Å². The zero-order valence-corrected chi connectivity index (χ0v) is 24.5. The highest BCUT2D eigenvalue weighted by Crippen LogP contribution is 2.33. The van der Waals surface area contributed by atoms with Crippen molar-refractivity contribution in [2.24, 2.45) is 0 Å². The van der Waals surface area contributed by atoms with Crippen LogP contribution >= 0.6 is 23.2 Å². The minimum Gasteiger partial charge on any atom is -0.383 e. The standard InChI is InChI=1S/C28H34Cl2F3N5O3/c1-18(17-41-2)35-16-20-13-21(28(31,32)33)4-6-24(20)36-9-11-37(12-10-36)26(39)25(38-8-7-34-27(38)40)14-19-3-5-22(29)15-23(19)30/h3-6,13,15,18,25,35H,7-12,14,16-17H2,1-2H3,(H,34,40). The van der Waals surface area contributed by atoms with Crippen LogP contribution in [0.25, 0.3) is 0 Å². The number of amides is 3. The molecule has 41 heavy (non-hydrogen) atoms. The van der Waals surface area contributed by atoms with Crippen molar-refractivity contribution in [2.75, 3.05) is 57.9 Å². The van der Waals surface area contributed by atoms with Gasteiger partial charge < -0.3 is 30.1 Å². The number of carbonyl (C=O) groups excluding carboxylic acids is 2. The summed E-state index contributed by atoms with van der Waals surface area (Å²) in [4.78, 5) is 31.6. The van der Waals surface area contributed by atoms with E-state index >= 15 is 0 Å². The quantitative estimate of drug-likeness (QED) is 0.414. The molecule has 2 aliphatic heterocycles. The number of rotatable bonds is 10. The maximum atomic E-state index is 13.8. The highest BCUT2D eigenvalue weighted by molar-refractivity contribution is 6.35. The summed E-state index contributed by atoms with van der Waals surface area (Å²) in [5.74, 6) is -0.199. The molecule has 2 aliphatic rings. The highest BCUT2D eigenvalue weighted by Gasteiger charge is 2.37. The average Bonchev–Trinajstić information content (AvgIpc) is 3.36. The normalized spacial score (nSPS) is 17.5. The second-order valence-corrected chi connectivity index (χ2v) is 11.1. The molecular weight excluding hydrogens is 582 g/mol. The van der Waals surface area contributed by atoms with Gasteiger partial charge in [-0.15, -0.1) is 0 Å². The summed E-state index contributed by atoms with van der Waals surface area (Å²) in [5, 5.41) is 6.87. The average molecular weight is 617 g/mol. The van der Waals surface area contributed by atoms with Gasteiger partial charge in [-0.25, -0.2) is 4.79 Å². The van der Waals surface area contributed by atoms with Crippen LogP contribution in [0.5, 0.6) is 0 Å². The zero-order valence-electron chi connectivity index (χ0n) is 22.9. The van der Waals surface area contributed by atoms with Gasteiger partial charge in [-0.2, -0.15) is 13.2 Å². The Morgan fingerprint density at radius 3 is 2.41 bits per heavy atom. The predicted molar refractivity (Wildman–Crippen MR) is 152 cm³/mol. The maximum Gasteiger partial charge on any atom is 0.416 e. The Morgan fingerprint density at radius 1 is 1.07 bits per heavy atom. The Morgan fingerprint density at radius 2 is 1.80 bits per heavy atom. The number of nitrogens with zero attached hydrogens (tertiary/aromatic N) is 3. The van der Waals surface area contributed by atoms with Gasteiger partial charge in [0.25, 0.3) is 0 Å². The monoisotopic (exact) mass is 615 g/mol. The van der Waals surface area contributed by atoms with Crippen LogP contribution in [0, 0.1) is 0 Å². The number of urea groups is 1. The lowest BCUT2D eigenvalue weighted by Gasteiger charge is -2.39. The van der Waals surface area contributed by atoms with Crippen molar-refractivity contribution in [1.29, 1.82) is 0 Å². The van der Waals surface area contributed by atoms with E-state index in [2.05, 4.69) is 10.6 Å². The number of halogens is 5. The Kier molecular flexibility index (Phi) is 10.3. The molecule has 0 bridgehead atoms. The summed E-state index contributed by atoms with van der Waals surface area (Å²) >= 11 is 12.4. The molecule has 2 fully saturated rings. The van der Waals surface area contributed by atoms with Crippen LogP contribution in [0.1, 0.15) is 23.6 Å². The van der Waals surface area contributed by atoms with Crippen LogP contribution in [-0.4, -0.2) is 86.8 Å². The first-order valence-corrected chi connectivity index (χ1v) is 14.2. The molecule has 4 rings (SSSR count). The summed E-state index contributed by atoms with van der Waals surface area (Å²) in [5.41, 5.74) is 1.20. The van der Waals surface area contributed by atoms with Crippen molar-refractivity contribution in [1.82, 2.24) is 20.4 Å². The summed E-state index contributed by atoms with van der Waals surface area (Å²) in [6, 6.07) is 7.71. The molecule has 2 aromatic carbocycles. The van der Waals surface area contributed by atoms with Crippen LogP contribution in [0.4, 0.5) is 23.7 Å². The van der Waals surface area contributed by atoms with Crippen molar-refractivity contribution < 1.29 is 27.5 Å². The SMILES string of the molecule is COCC(C)NCc1cc(C(F)(F)F)ccc1N1CCN(C(=O)C(Cc2ccc(Cl)cc2Cl)N2CCNC2=O)CC1. The molecule has 0 saturated carbocycles. The van der Waals surface area contributed by atoms with Gasteiger partial charge in [-0.3, -0.25) is 4.79 Å². The number of hydrogen-bond donors (Lipinski definition) is 2. The molecule has 2 aromatic rings. The van der Waals surface area contributed by atoms with E-state index in [1.807, 2.05) is 11.8 Å². The van der Waals surface area contributed by atoms with Crippen molar-refractivity contribution in [2.45, 2.75) is 38.1 Å². The summed E-state index contributed by atoms with van der Waals surface area (Å²) in [6.45, 7) is 4.96. The number of ether oxygens (including phenoxy) is 1. The molecule has 13 heteroatoms. The van der Waals surface area contributed by atoms with Crippen molar-refractivity contribution in [3.8, 4) is 0 Å². The minimum atomic E-state index is -4.46. The number of benzene rings is 2. The van der Waals surface area contributed by atoms with Crippen LogP contribution in [0.2, 0.25) is 10.0 Å². The van der Waals surface area contributed by atoms with E-state index in [1.165, 1.54) is 17.0 Å². The Bertz CT molecular complexity index is 1240. The molecule has 0 radical (unpaired) electrons. The largest absolute Gasteiger partial charge is 0.416 e. The van der Waals surface area contributed by atoms with Crippen molar-refractivity contribution in [3.63, 3.8) is 0 Å². The Labute approximate surface area is 247 Å². The van der Waals surface area contributed by atoms with Gasteiger partial charge in [-0.05, 0) is 48.4 Å². The van der Waals surface area contributed by atoms with Gasteiger partial charge >= 0.3 is 12.2 Å². The molecule has 2 atom stereocenters. The molecule has 2 saturated heterocycles. The third-order valence-electron chi connectivity index (χ3n) is 7.38. The lowest BCUT2D eigenvalue weighted by molar-refractivity contribution is -0.138. The lowest BCUT2D eigenvalue weighted by Crippen LogP contribution is -2.56. The fraction of sp³-hybridized carbons (Fsp3) is 0.500. The second-order valence-electron chi connectivity index (χ2n) is 10.3. The molecule has 2 unspecified atom stereocenters. The van der Waals surface area contributed by atoms with Gasteiger partial charge in [0.05, 0.1) is 12.2 Å². The molecule has 2 heterocycles. The molecule has 0 aromatic heterocycles.